The molecular weight excluding hydrogens is 244 g/mol. The zero-order valence-corrected chi connectivity index (χ0v) is 11.8. The van der Waals surface area contributed by atoms with Crippen LogP contribution in [0.1, 0.15) is 38.3 Å². The summed E-state index contributed by atoms with van der Waals surface area (Å²) in [6, 6.07) is 10.4. The van der Waals surface area contributed by atoms with Crippen molar-refractivity contribution in [2.45, 2.75) is 32.7 Å². The number of benzene rings is 1. The number of pyridine rings is 1. The van der Waals surface area contributed by atoms with Crippen LogP contribution in [0.25, 0.3) is 10.9 Å². The first-order valence-corrected chi connectivity index (χ1v) is 6.27. The second-order valence-electron chi connectivity index (χ2n) is 5.00. The number of nitrogens with two attached hydrogens (primary N) is 1. The molecule has 18 heavy (non-hydrogen) atoms. The molecule has 2 aromatic rings. The van der Waals surface area contributed by atoms with Gasteiger partial charge in [0.05, 0.1) is 5.52 Å². The van der Waals surface area contributed by atoms with Crippen molar-refractivity contribution in [2.75, 3.05) is 0 Å². The molecule has 1 atom stereocenters. The Morgan fingerprint density at radius 3 is 2.56 bits per heavy atom. The lowest BCUT2D eigenvalue weighted by molar-refractivity contribution is 0.508. The fourth-order valence-corrected chi connectivity index (χ4v) is 2.11. The Bertz CT molecular complexity index is 491. The lowest BCUT2D eigenvalue weighted by atomic mass is 9.96. The van der Waals surface area contributed by atoms with E-state index in [0.29, 0.717) is 5.92 Å². The van der Waals surface area contributed by atoms with E-state index < -0.39 is 0 Å². The third kappa shape index (κ3) is 3.44. The summed E-state index contributed by atoms with van der Waals surface area (Å²) in [4.78, 5) is 4.36. The van der Waals surface area contributed by atoms with Crippen molar-refractivity contribution in [1.82, 2.24) is 4.98 Å². The minimum atomic E-state index is 0. The van der Waals surface area contributed by atoms with Crippen LogP contribution in [0.15, 0.2) is 36.5 Å². The van der Waals surface area contributed by atoms with E-state index >= 15 is 0 Å². The molecule has 0 spiro atoms. The highest BCUT2D eigenvalue weighted by Crippen LogP contribution is 2.25. The number of hydrogen-bond acceptors (Lipinski definition) is 2. The third-order valence-electron chi connectivity index (χ3n) is 3.14. The van der Waals surface area contributed by atoms with Crippen molar-refractivity contribution in [2.24, 2.45) is 11.7 Å². The molecule has 0 radical (unpaired) electrons. The van der Waals surface area contributed by atoms with Gasteiger partial charge in [-0.2, -0.15) is 0 Å². The highest BCUT2D eigenvalue weighted by atomic mass is 35.5. The van der Waals surface area contributed by atoms with Crippen LogP contribution in [-0.2, 0) is 0 Å². The van der Waals surface area contributed by atoms with E-state index in [4.69, 9.17) is 5.73 Å². The standard InChI is InChI=1S/C15H20N2.ClH/c1-11(2)7-8-14(16)12-9-10-17-15-6-4-3-5-13(12)15;/h3-6,9-11,14H,7-8,16H2,1-2H3;1H/t14-;/m1./s1. The van der Waals surface area contributed by atoms with E-state index in [9.17, 15) is 0 Å². The topological polar surface area (TPSA) is 38.9 Å². The molecule has 0 amide bonds. The molecule has 1 aromatic heterocycles. The van der Waals surface area contributed by atoms with Gasteiger partial charge in [0.2, 0.25) is 0 Å². The van der Waals surface area contributed by atoms with Crippen molar-refractivity contribution in [3.8, 4) is 0 Å². The Labute approximate surface area is 115 Å². The molecule has 98 valence electrons. The van der Waals surface area contributed by atoms with Gasteiger partial charge in [-0.05, 0) is 36.5 Å². The second kappa shape index (κ2) is 6.72. The Hall–Kier alpha value is -1.12. The van der Waals surface area contributed by atoms with E-state index in [-0.39, 0.29) is 18.4 Å². The Morgan fingerprint density at radius 1 is 1.11 bits per heavy atom. The minimum absolute atomic E-state index is 0. The molecule has 0 saturated heterocycles. The summed E-state index contributed by atoms with van der Waals surface area (Å²) in [5.41, 5.74) is 8.53. The van der Waals surface area contributed by atoms with Crippen LogP contribution in [0.3, 0.4) is 0 Å². The van der Waals surface area contributed by atoms with Crippen LogP contribution < -0.4 is 5.73 Å². The summed E-state index contributed by atoms with van der Waals surface area (Å²) in [7, 11) is 0. The summed E-state index contributed by atoms with van der Waals surface area (Å²) in [5, 5.41) is 1.19. The van der Waals surface area contributed by atoms with Crippen molar-refractivity contribution in [1.29, 1.82) is 0 Å². The monoisotopic (exact) mass is 264 g/mol. The number of aromatic nitrogens is 1. The first kappa shape index (κ1) is 14.9. The summed E-state index contributed by atoms with van der Waals surface area (Å²) in [6.07, 6.45) is 4.05. The average Bonchev–Trinajstić information content (AvgIpc) is 2.35. The highest BCUT2D eigenvalue weighted by Gasteiger charge is 2.10. The van der Waals surface area contributed by atoms with E-state index in [0.717, 1.165) is 18.4 Å². The molecule has 3 heteroatoms. The molecule has 0 fully saturated rings. The summed E-state index contributed by atoms with van der Waals surface area (Å²) in [5.74, 6) is 0.703. The minimum Gasteiger partial charge on any atom is -0.324 e. The fourth-order valence-electron chi connectivity index (χ4n) is 2.11. The lowest BCUT2D eigenvalue weighted by Gasteiger charge is -2.15. The molecule has 2 nitrogen and oxygen atoms in total. The molecule has 0 aliphatic rings. The molecule has 0 saturated carbocycles. The van der Waals surface area contributed by atoms with Crippen molar-refractivity contribution >= 4 is 23.3 Å². The van der Waals surface area contributed by atoms with E-state index in [1.54, 1.807) is 0 Å². The maximum Gasteiger partial charge on any atom is 0.0705 e. The number of hydrogen-bond donors (Lipinski definition) is 1. The van der Waals surface area contributed by atoms with E-state index in [1.165, 1.54) is 10.9 Å². The lowest BCUT2D eigenvalue weighted by Crippen LogP contribution is -2.11. The third-order valence-corrected chi connectivity index (χ3v) is 3.14. The van der Waals surface area contributed by atoms with Gasteiger partial charge < -0.3 is 5.73 Å². The average molecular weight is 265 g/mol. The molecule has 0 aliphatic carbocycles. The van der Waals surface area contributed by atoms with Gasteiger partial charge in [-0.3, -0.25) is 4.98 Å². The van der Waals surface area contributed by atoms with Crippen LogP contribution >= 0.6 is 12.4 Å². The molecule has 0 aliphatic heterocycles. The molecule has 1 heterocycles. The van der Waals surface area contributed by atoms with Gasteiger partial charge in [0, 0.05) is 17.6 Å². The predicted molar refractivity (Wildman–Crippen MR) is 80.0 cm³/mol. The SMILES string of the molecule is CC(C)CC[C@@H](N)c1ccnc2ccccc12.Cl. The zero-order valence-electron chi connectivity index (χ0n) is 11.0. The number of halogens is 1. The summed E-state index contributed by atoms with van der Waals surface area (Å²) >= 11 is 0. The number of nitrogens with zero attached hydrogens (tertiary/aromatic N) is 1. The molecule has 0 unspecified atom stereocenters. The van der Waals surface area contributed by atoms with Crippen molar-refractivity contribution < 1.29 is 0 Å². The molecular formula is C15H21ClN2. The van der Waals surface area contributed by atoms with E-state index in [2.05, 4.69) is 24.9 Å². The maximum atomic E-state index is 6.28. The molecule has 2 rings (SSSR count). The van der Waals surface area contributed by atoms with Crippen LogP contribution in [0, 0.1) is 5.92 Å². The van der Waals surface area contributed by atoms with Gasteiger partial charge in [0.1, 0.15) is 0 Å². The van der Waals surface area contributed by atoms with Crippen LogP contribution in [-0.4, -0.2) is 4.98 Å². The quantitative estimate of drug-likeness (QED) is 0.903. The second-order valence-corrected chi connectivity index (χ2v) is 5.00. The first-order valence-electron chi connectivity index (χ1n) is 6.27. The van der Waals surface area contributed by atoms with Gasteiger partial charge in [0.15, 0.2) is 0 Å². The summed E-state index contributed by atoms with van der Waals surface area (Å²) in [6.45, 7) is 4.47. The Kier molecular flexibility index (Phi) is 5.57. The Morgan fingerprint density at radius 2 is 1.83 bits per heavy atom. The summed E-state index contributed by atoms with van der Waals surface area (Å²) < 4.78 is 0. The number of para-hydroxylation sites is 1. The maximum absolute atomic E-state index is 6.28. The molecule has 1 aromatic carbocycles. The molecule has 2 N–H and O–H groups in total. The van der Waals surface area contributed by atoms with Gasteiger partial charge >= 0.3 is 0 Å². The van der Waals surface area contributed by atoms with Gasteiger partial charge in [-0.1, -0.05) is 32.0 Å². The van der Waals surface area contributed by atoms with Crippen molar-refractivity contribution in [3.63, 3.8) is 0 Å². The highest BCUT2D eigenvalue weighted by molar-refractivity contribution is 5.85. The normalized spacial score (nSPS) is 12.4. The van der Waals surface area contributed by atoms with Gasteiger partial charge in [-0.15, -0.1) is 12.4 Å². The van der Waals surface area contributed by atoms with E-state index in [1.807, 2.05) is 30.5 Å². The van der Waals surface area contributed by atoms with Crippen LogP contribution in [0.2, 0.25) is 0 Å². The van der Waals surface area contributed by atoms with Crippen molar-refractivity contribution in [3.05, 3.63) is 42.1 Å². The zero-order chi connectivity index (χ0) is 12.3. The predicted octanol–water partition coefficient (Wildman–Crippen LogP) is 4.09. The van der Waals surface area contributed by atoms with Crippen LogP contribution in [0.5, 0.6) is 0 Å². The smallest absolute Gasteiger partial charge is 0.0705 e. The Balaban J connectivity index is 0.00000162. The fraction of sp³-hybridized carbons (Fsp3) is 0.400. The first-order chi connectivity index (χ1) is 8.18. The number of rotatable bonds is 4. The van der Waals surface area contributed by atoms with Gasteiger partial charge in [0.25, 0.3) is 0 Å². The number of fused-ring (bicyclic) bond motifs is 1. The van der Waals surface area contributed by atoms with Gasteiger partial charge in [-0.25, -0.2) is 0 Å². The molecule has 0 bridgehead atoms. The largest absolute Gasteiger partial charge is 0.324 e. The van der Waals surface area contributed by atoms with Crippen LogP contribution in [0.4, 0.5) is 0 Å².